The van der Waals surface area contributed by atoms with Gasteiger partial charge in [-0.1, -0.05) is 18.2 Å². The summed E-state index contributed by atoms with van der Waals surface area (Å²) in [6.07, 6.45) is 2.90. The van der Waals surface area contributed by atoms with Crippen molar-refractivity contribution in [2.45, 2.75) is 25.7 Å². The van der Waals surface area contributed by atoms with Crippen LogP contribution in [0.25, 0.3) is 0 Å². The maximum atomic E-state index is 12.9. The molecule has 0 unspecified atom stereocenters. The molecule has 29 heavy (non-hydrogen) atoms. The Morgan fingerprint density at radius 1 is 1.24 bits per heavy atom. The molecule has 2 aliphatic heterocycles. The lowest BCUT2D eigenvalue weighted by molar-refractivity contribution is -0.123. The highest BCUT2D eigenvalue weighted by atomic mass is 16.5. The van der Waals surface area contributed by atoms with Crippen LogP contribution < -0.4 is 15.0 Å². The number of nitrogens with one attached hydrogen (secondary N) is 1. The fraction of sp³-hybridized carbons (Fsp3) is 0.391. The molecule has 1 saturated heterocycles. The van der Waals surface area contributed by atoms with Crippen molar-refractivity contribution in [3.63, 3.8) is 0 Å². The number of fused-ring (bicyclic) bond motifs is 1. The zero-order valence-corrected chi connectivity index (χ0v) is 16.6. The van der Waals surface area contributed by atoms with Gasteiger partial charge in [-0.05, 0) is 54.7 Å². The van der Waals surface area contributed by atoms with Gasteiger partial charge in [-0.2, -0.15) is 0 Å². The van der Waals surface area contributed by atoms with Crippen LogP contribution in [0.5, 0.6) is 5.75 Å². The first-order valence-corrected chi connectivity index (χ1v) is 10.1. The summed E-state index contributed by atoms with van der Waals surface area (Å²) in [4.78, 5) is 27.3. The molecule has 1 atom stereocenters. The number of hydrogen-bond donors (Lipinski definition) is 1. The standard InChI is InChI=1S/C23H26N2O4/c1-28-20-6-2-4-16(12-20)13-22(26)25-10-9-17-7-8-19(14-21(17)25)24-23(27)18-5-3-11-29-15-18/h2,4,6-8,12,14,18H,3,5,9-11,13,15H2,1H3,(H,24,27)/t18-/m0/s1. The SMILES string of the molecule is COc1cccc(CC(=O)N2CCc3ccc(NC(=O)[C@H]4CCCOC4)cc32)c1. The third kappa shape index (κ3) is 4.43. The van der Waals surface area contributed by atoms with Gasteiger partial charge in [-0.25, -0.2) is 0 Å². The largest absolute Gasteiger partial charge is 0.497 e. The summed E-state index contributed by atoms with van der Waals surface area (Å²) in [7, 11) is 1.62. The number of anilines is 2. The molecule has 152 valence electrons. The number of methoxy groups -OCH3 is 1. The molecule has 0 bridgehead atoms. The van der Waals surface area contributed by atoms with Gasteiger partial charge < -0.3 is 19.7 Å². The van der Waals surface area contributed by atoms with Crippen LogP contribution in [0.3, 0.4) is 0 Å². The van der Waals surface area contributed by atoms with E-state index >= 15 is 0 Å². The highest BCUT2D eigenvalue weighted by Crippen LogP contribution is 2.32. The molecule has 1 fully saturated rings. The topological polar surface area (TPSA) is 67.9 Å². The smallest absolute Gasteiger partial charge is 0.231 e. The molecule has 2 aliphatic rings. The summed E-state index contributed by atoms with van der Waals surface area (Å²) in [5.74, 6) is 0.662. The summed E-state index contributed by atoms with van der Waals surface area (Å²) >= 11 is 0. The normalized spacial score (nSPS) is 18.2. The van der Waals surface area contributed by atoms with Crippen LogP contribution in [0.15, 0.2) is 42.5 Å². The predicted octanol–water partition coefficient (Wildman–Crippen LogP) is 3.19. The number of rotatable bonds is 5. The minimum atomic E-state index is -0.109. The minimum Gasteiger partial charge on any atom is -0.497 e. The molecule has 0 aliphatic carbocycles. The third-order valence-corrected chi connectivity index (χ3v) is 5.57. The van der Waals surface area contributed by atoms with Crippen LogP contribution in [0.2, 0.25) is 0 Å². The number of carbonyl (C=O) groups is 2. The van der Waals surface area contributed by atoms with Gasteiger partial charge in [-0.3, -0.25) is 9.59 Å². The van der Waals surface area contributed by atoms with E-state index < -0.39 is 0 Å². The molecular formula is C23H26N2O4. The molecule has 2 aromatic carbocycles. The third-order valence-electron chi connectivity index (χ3n) is 5.57. The zero-order chi connectivity index (χ0) is 20.2. The Balaban J connectivity index is 1.46. The Labute approximate surface area is 170 Å². The first-order valence-electron chi connectivity index (χ1n) is 10.1. The molecule has 0 aromatic heterocycles. The van der Waals surface area contributed by atoms with E-state index in [0.29, 0.717) is 19.6 Å². The van der Waals surface area contributed by atoms with Gasteiger partial charge in [0.2, 0.25) is 11.8 Å². The molecule has 0 spiro atoms. The summed E-state index contributed by atoms with van der Waals surface area (Å²) in [5, 5.41) is 2.99. The summed E-state index contributed by atoms with van der Waals surface area (Å²) in [5.41, 5.74) is 3.66. The van der Waals surface area contributed by atoms with Crippen molar-refractivity contribution in [1.29, 1.82) is 0 Å². The Morgan fingerprint density at radius 3 is 2.93 bits per heavy atom. The number of nitrogens with zero attached hydrogens (tertiary/aromatic N) is 1. The van der Waals surface area contributed by atoms with E-state index in [2.05, 4.69) is 5.32 Å². The highest BCUT2D eigenvalue weighted by molar-refractivity contribution is 5.99. The van der Waals surface area contributed by atoms with E-state index in [1.54, 1.807) is 7.11 Å². The fourth-order valence-electron chi connectivity index (χ4n) is 3.96. The second-order valence-corrected chi connectivity index (χ2v) is 7.57. The predicted molar refractivity (Wildman–Crippen MR) is 111 cm³/mol. The average molecular weight is 394 g/mol. The zero-order valence-electron chi connectivity index (χ0n) is 16.6. The van der Waals surface area contributed by atoms with E-state index in [1.165, 1.54) is 0 Å². The van der Waals surface area contributed by atoms with Crippen LogP contribution in [-0.2, 0) is 27.2 Å². The lowest BCUT2D eigenvalue weighted by Crippen LogP contribution is -2.31. The van der Waals surface area contributed by atoms with Crippen molar-refractivity contribution in [3.8, 4) is 5.75 Å². The van der Waals surface area contributed by atoms with Gasteiger partial charge in [0.25, 0.3) is 0 Å². The fourth-order valence-corrected chi connectivity index (χ4v) is 3.96. The monoisotopic (exact) mass is 394 g/mol. The average Bonchev–Trinajstić information content (AvgIpc) is 3.18. The lowest BCUT2D eigenvalue weighted by atomic mass is 10.0. The van der Waals surface area contributed by atoms with Gasteiger partial charge in [0.1, 0.15) is 5.75 Å². The number of amides is 2. The molecular weight excluding hydrogens is 368 g/mol. The lowest BCUT2D eigenvalue weighted by Gasteiger charge is -2.22. The van der Waals surface area contributed by atoms with Gasteiger partial charge in [0.05, 0.1) is 26.1 Å². The van der Waals surface area contributed by atoms with Gasteiger partial charge in [0, 0.05) is 24.5 Å². The highest BCUT2D eigenvalue weighted by Gasteiger charge is 2.26. The Kier molecular flexibility index (Phi) is 5.81. The molecule has 4 rings (SSSR count). The van der Waals surface area contributed by atoms with Crippen LogP contribution in [0.4, 0.5) is 11.4 Å². The number of hydrogen-bond acceptors (Lipinski definition) is 4. The number of ether oxygens (including phenoxy) is 2. The van der Waals surface area contributed by atoms with E-state index in [-0.39, 0.29) is 17.7 Å². The molecule has 2 amide bonds. The molecule has 1 N–H and O–H groups in total. The van der Waals surface area contributed by atoms with Crippen molar-refractivity contribution < 1.29 is 19.1 Å². The summed E-state index contributed by atoms with van der Waals surface area (Å²) in [6.45, 7) is 1.86. The second kappa shape index (κ2) is 8.66. The van der Waals surface area contributed by atoms with Crippen LogP contribution >= 0.6 is 0 Å². The van der Waals surface area contributed by atoms with Gasteiger partial charge >= 0.3 is 0 Å². The van der Waals surface area contributed by atoms with Crippen molar-refractivity contribution >= 4 is 23.2 Å². The van der Waals surface area contributed by atoms with Crippen molar-refractivity contribution in [2.24, 2.45) is 5.92 Å². The van der Waals surface area contributed by atoms with Crippen molar-refractivity contribution in [1.82, 2.24) is 0 Å². The van der Waals surface area contributed by atoms with E-state index in [0.717, 1.165) is 54.1 Å². The molecule has 6 nitrogen and oxygen atoms in total. The Bertz CT molecular complexity index is 906. The summed E-state index contributed by atoms with van der Waals surface area (Å²) < 4.78 is 10.7. The first-order chi connectivity index (χ1) is 14.1. The van der Waals surface area contributed by atoms with Crippen molar-refractivity contribution in [2.75, 3.05) is 37.1 Å². The quantitative estimate of drug-likeness (QED) is 0.846. The molecule has 0 radical (unpaired) electrons. The van der Waals surface area contributed by atoms with Crippen LogP contribution in [-0.4, -0.2) is 38.7 Å². The van der Waals surface area contributed by atoms with E-state index in [9.17, 15) is 9.59 Å². The minimum absolute atomic E-state index is 0.0168. The number of benzene rings is 2. The maximum absolute atomic E-state index is 12.9. The summed E-state index contributed by atoms with van der Waals surface area (Å²) in [6, 6.07) is 13.4. The van der Waals surface area contributed by atoms with Crippen LogP contribution in [0, 0.1) is 5.92 Å². The van der Waals surface area contributed by atoms with Gasteiger partial charge in [-0.15, -0.1) is 0 Å². The molecule has 2 aromatic rings. The van der Waals surface area contributed by atoms with Crippen LogP contribution in [0.1, 0.15) is 24.0 Å². The number of carbonyl (C=O) groups excluding carboxylic acids is 2. The Hall–Kier alpha value is -2.86. The first kappa shape index (κ1) is 19.5. The molecule has 0 saturated carbocycles. The van der Waals surface area contributed by atoms with Gasteiger partial charge in [0.15, 0.2) is 0 Å². The van der Waals surface area contributed by atoms with Crippen molar-refractivity contribution in [3.05, 3.63) is 53.6 Å². The molecule has 2 heterocycles. The maximum Gasteiger partial charge on any atom is 0.231 e. The van der Waals surface area contributed by atoms with E-state index in [1.807, 2.05) is 47.4 Å². The second-order valence-electron chi connectivity index (χ2n) is 7.57. The Morgan fingerprint density at radius 2 is 2.14 bits per heavy atom. The molecule has 6 heteroatoms. The van der Waals surface area contributed by atoms with E-state index in [4.69, 9.17) is 9.47 Å².